The van der Waals surface area contributed by atoms with Crippen LogP contribution >= 0.6 is 11.3 Å². The lowest BCUT2D eigenvalue weighted by atomic mass is 9.93. The number of thiophene rings is 1. The number of carbonyl (C=O) groups is 1. The molecule has 6 rings (SSSR count). The van der Waals surface area contributed by atoms with E-state index in [4.69, 9.17) is 4.74 Å². The summed E-state index contributed by atoms with van der Waals surface area (Å²) < 4.78 is 7.51. The maximum absolute atomic E-state index is 12.6. The van der Waals surface area contributed by atoms with Crippen molar-refractivity contribution in [2.75, 3.05) is 13.1 Å². The van der Waals surface area contributed by atoms with Gasteiger partial charge < -0.3 is 14.6 Å². The van der Waals surface area contributed by atoms with Crippen molar-refractivity contribution in [2.45, 2.75) is 78.7 Å². The van der Waals surface area contributed by atoms with Gasteiger partial charge in [-0.25, -0.2) is 14.3 Å². The molecule has 196 valence electrons. The third-order valence-electron chi connectivity index (χ3n) is 8.16. The third-order valence-corrected chi connectivity index (χ3v) is 9.53. The summed E-state index contributed by atoms with van der Waals surface area (Å²) in [7, 11) is 0. The minimum Gasteiger partial charge on any atom is -0.444 e. The van der Waals surface area contributed by atoms with Crippen LogP contribution in [0.25, 0.3) is 27.1 Å². The fraction of sp³-hybridized carbons (Fsp3) is 0.552. The van der Waals surface area contributed by atoms with Crippen molar-refractivity contribution in [3.63, 3.8) is 0 Å². The number of aryl methyl sites for hydroxylation is 2. The molecule has 3 atom stereocenters. The number of pyridine rings is 1. The Hall–Kier alpha value is -2.87. The maximum Gasteiger partial charge on any atom is 0.410 e. The average Bonchev–Trinajstić information content (AvgIpc) is 3.58. The largest absolute Gasteiger partial charge is 0.444 e. The lowest BCUT2D eigenvalue weighted by Gasteiger charge is -2.25. The summed E-state index contributed by atoms with van der Waals surface area (Å²) in [4.78, 5) is 25.5. The van der Waals surface area contributed by atoms with Crippen molar-refractivity contribution in [3.05, 3.63) is 40.2 Å². The number of aromatic nitrogens is 4. The van der Waals surface area contributed by atoms with E-state index in [2.05, 4.69) is 55.0 Å². The van der Waals surface area contributed by atoms with Crippen LogP contribution in [0.3, 0.4) is 0 Å². The second kappa shape index (κ2) is 8.58. The highest BCUT2D eigenvalue weighted by molar-refractivity contribution is 7.19. The number of hydrogen-bond donors (Lipinski definition) is 1. The fourth-order valence-corrected chi connectivity index (χ4v) is 8.02. The lowest BCUT2D eigenvalue weighted by molar-refractivity contribution is 0.0279. The maximum atomic E-state index is 12.6. The number of nitrogens with one attached hydrogen (secondary N) is 1. The highest BCUT2D eigenvalue weighted by Crippen LogP contribution is 2.51. The number of hydrogen-bond acceptors (Lipinski definition) is 5. The molecule has 0 bridgehead atoms. The Balaban J connectivity index is 1.29. The van der Waals surface area contributed by atoms with Gasteiger partial charge in [0.25, 0.3) is 0 Å². The number of H-pyrrole nitrogens is 1. The molecule has 4 aromatic rings. The SMILES string of the molecule is Cc1c([C@H]2C[C@@H]3CN(C(=O)OC(C)(C)C)C[C@@H]3C2)sc2[nH]c(-c3cc(C)c4ncnn4c3)c(C(C)C)c12. The van der Waals surface area contributed by atoms with Gasteiger partial charge in [0.15, 0.2) is 5.65 Å². The van der Waals surface area contributed by atoms with Crippen LogP contribution in [0.15, 0.2) is 18.6 Å². The first-order valence-electron chi connectivity index (χ1n) is 13.4. The van der Waals surface area contributed by atoms with Crippen LogP contribution in [-0.2, 0) is 4.74 Å². The van der Waals surface area contributed by atoms with E-state index in [0.717, 1.165) is 42.7 Å². The van der Waals surface area contributed by atoms with Crippen molar-refractivity contribution < 1.29 is 9.53 Å². The first-order valence-corrected chi connectivity index (χ1v) is 14.2. The number of fused-ring (bicyclic) bond motifs is 3. The Bertz CT molecular complexity index is 1490. The smallest absolute Gasteiger partial charge is 0.410 e. The van der Waals surface area contributed by atoms with Crippen LogP contribution in [0.2, 0.25) is 0 Å². The predicted molar refractivity (Wildman–Crippen MR) is 148 cm³/mol. The summed E-state index contributed by atoms with van der Waals surface area (Å²) in [5.41, 5.74) is 6.75. The molecule has 5 heterocycles. The average molecular weight is 520 g/mol. The molecule has 1 N–H and O–H groups in total. The van der Waals surface area contributed by atoms with Gasteiger partial charge in [0, 0.05) is 35.1 Å². The van der Waals surface area contributed by atoms with Crippen molar-refractivity contribution in [2.24, 2.45) is 11.8 Å². The molecule has 1 saturated carbocycles. The number of nitrogens with zero attached hydrogens (tertiary/aromatic N) is 4. The Labute approximate surface area is 222 Å². The highest BCUT2D eigenvalue weighted by Gasteiger charge is 2.44. The first-order chi connectivity index (χ1) is 17.5. The van der Waals surface area contributed by atoms with E-state index < -0.39 is 5.60 Å². The van der Waals surface area contributed by atoms with Crippen molar-refractivity contribution in [3.8, 4) is 11.3 Å². The third kappa shape index (κ3) is 4.13. The van der Waals surface area contributed by atoms with Gasteiger partial charge in [-0.2, -0.15) is 5.10 Å². The summed E-state index contributed by atoms with van der Waals surface area (Å²) in [6.07, 6.45) is 5.84. The van der Waals surface area contributed by atoms with E-state index in [1.165, 1.54) is 31.9 Å². The molecule has 1 aliphatic carbocycles. The van der Waals surface area contributed by atoms with E-state index in [1.807, 2.05) is 41.5 Å². The van der Waals surface area contributed by atoms with Crippen LogP contribution in [0.4, 0.5) is 4.79 Å². The molecule has 8 heteroatoms. The number of likely N-dealkylation sites (tertiary alicyclic amines) is 1. The van der Waals surface area contributed by atoms with Crippen LogP contribution in [0.1, 0.15) is 80.9 Å². The van der Waals surface area contributed by atoms with E-state index in [0.29, 0.717) is 23.7 Å². The zero-order valence-corrected chi connectivity index (χ0v) is 23.7. The standard InChI is InChI=1S/C29H37N5O2S/c1-15(2)22-23-17(4)25(18-9-19-11-33(12-20(19)10-18)28(35)36-29(5,6)7)37-27(23)32-24(22)21-8-16(3)26-30-14-31-34(26)13-21/h8,13-15,18-20,32H,9-12H2,1-7H3/t18-,19+,20-. The van der Waals surface area contributed by atoms with E-state index in [9.17, 15) is 4.79 Å². The van der Waals surface area contributed by atoms with Crippen molar-refractivity contribution in [1.29, 1.82) is 0 Å². The Morgan fingerprint density at radius 3 is 2.54 bits per heavy atom. The van der Waals surface area contributed by atoms with Gasteiger partial charge in [-0.1, -0.05) is 13.8 Å². The number of ether oxygens (including phenoxy) is 1. The molecule has 37 heavy (non-hydrogen) atoms. The molecular formula is C29H37N5O2S. The molecule has 1 saturated heterocycles. The van der Waals surface area contributed by atoms with Gasteiger partial charge in [0.05, 0.1) is 5.69 Å². The Morgan fingerprint density at radius 1 is 1.19 bits per heavy atom. The lowest BCUT2D eigenvalue weighted by Crippen LogP contribution is -2.36. The van der Waals surface area contributed by atoms with Crippen LogP contribution in [0.5, 0.6) is 0 Å². The molecule has 1 aliphatic heterocycles. The quantitative estimate of drug-likeness (QED) is 0.315. The molecule has 0 spiro atoms. The molecule has 1 amide bonds. The number of amides is 1. The highest BCUT2D eigenvalue weighted by atomic mass is 32.1. The van der Waals surface area contributed by atoms with E-state index >= 15 is 0 Å². The topological polar surface area (TPSA) is 75.5 Å². The van der Waals surface area contributed by atoms with E-state index in [1.54, 1.807) is 6.33 Å². The van der Waals surface area contributed by atoms with E-state index in [-0.39, 0.29) is 6.09 Å². The first kappa shape index (κ1) is 24.5. The van der Waals surface area contributed by atoms with Crippen molar-refractivity contribution in [1.82, 2.24) is 24.5 Å². The van der Waals surface area contributed by atoms with Gasteiger partial charge in [-0.05, 0) is 93.9 Å². The summed E-state index contributed by atoms with van der Waals surface area (Å²) >= 11 is 1.94. The van der Waals surface area contributed by atoms with Gasteiger partial charge in [0.2, 0.25) is 0 Å². The summed E-state index contributed by atoms with van der Waals surface area (Å²) in [6, 6.07) is 2.22. The second-order valence-corrected chi connectivity index (χ2v) is 13.4. The normalized spacial score (nSPS) is 22.1. The zero-order chi connectivity index (χ0) is 26.2. The summed E-state index contributed by atoms with van der Waals surface area (Å²) in [5.74, 6) is 2.09. The molecule has 2 aliphatic rings. The Kier molecular flexibility index (Phi) is 5.67. The Morgan fingerprint density at radius 2 is 1.89 bits per heavy atom. The molecule has 0 unspecified atom stereocenters. The molecule has 0 aromatic carbocycles. The molecule has 7 nitrogen and oxygen atoms in total. The number of rotatable bonds is 3. The minimum atomic E-state index is -0.445. The van der Waals surface area contributed by atoms with Crippen LogP contribution in [0, 0.1) is 25.7 Å². The van der Waals surface area contributed by atoms with Crippen LogP contribution in [-0.4, -0.2) is 49.3 Å². The van der Waals surface area contributed by atoms with Gasteiger partial charge in [-0.3, -0.25) is 0 Å². The number of carbonyl (C=O) groups excluding carboxylic acids is 1. The van der Waals surface area contributed by atoms with Gasteiger partial charge in [-0.15, -0.1) is 11.3 Å². The molecular weight excluding hydrogens is 482 g/mol. The van der Waals surface area contributed by atoms with Gasteiger partial charge in [0.1, 0.15) is 16.8 Å². The zero-order valence-electron chi connectivity index (χ0n) is 22.9. The molecule has 0 radical (unpaired) electrons. The fourth-order valence-electron chi connectivity index (χ4n) is 6.66. The number of aromatic amines is 1. The molecule has 2 fully saturated rings. The molecule has 4 aromatic heterocycles. The van der Waals surface area contributed by atoms with Gasteiger partial charge >= 0.3 is 6.09 Å². The summed E-state index contributed by atoms with van der Waals surface area (Å²) in [6.45, 7) is 16.4. The monoisotopic (exact) mass is 519 g/mol. The minimum absolute atomic E-state index is 0.160. The predicted octanol–water partition coefficient (Wildman–Crippen LogP) is 7.04. The van der Waals surface area contributed by atoms with Crippen LogP contribution < -0.4 is 0 Å². The second-order valence-electron chi connectivity index (χ2n) is 12.4. The van der Waals surface area contributed by atoms with Crippen molar-refractivity contribution >= 4 is 33.3 Å². The summed E-state index contributed by atoms with van der Waals surface area (Å²) in [5, 5.41) is 5.79.